The molecule has 92 valence electrons. The second-order valence-electron chi connectivity index (χ2n) is 3.78. The van der Waals surface area contributed by atoms with Crippen LogP contribution in [0.4, 0.5) is 10.5 Å². The van der Waals surface area contributed by atoms with Crippen molar-refractivity contribution in [3.05, 3.63) is 29.3 Å². The van der Waals surface area contributed by atoms with Gasteiger partial charge in [-0.25, -0.2) is 9.59 Å². The van der Waals surface area contributed by atoms with Crippen LogP contribution in [0.1, 0.15) is 22.8 Å². The van der Waals surface area contributed by atoms with Gasteiger partial charge in [0, 0.05) is 19.3 Å². The van der Waals surface area contributed by atoms with Crippen molar-refractivity contribution in [2.45, 2.75) is 13.8 Å². The molecule has 0 aliphatic carbocycles. The Kier molecular flexibility index (Phi) is 4.09. The van der Waals surface area contributed by atoms with E-state index in [0.29, 0.717) is 12.2 Å². The average Bonchev–Trinajstić information content (AvgIpc) is 2.30. The lowest BCUT2D eigenvalue weighted by Gasteiger charge is -2.16. The average molecular weight is 236 g/mol. The van der Waals surface area contributed by atoms with Crippen molar-refractivity contribution in [2.75, 3.05) is 18.9 Å². The number of carboxylic acid groups (broad SMARTS) is 1. The van der Waals surface area contributed by atoms with Crippen molar-refractivity contribution < 1.29 is 14.7 Å². The van der Waals surface area contributed by atoms with Crippen molar-refractivity contribution in [1.29, 1.82) is 0 Å². The fourth-order valence-corrected chi connectivity index (χ4v) is 1.24. The zero-order valence-electron chi connectivity index (χ0n) is 10.2. The minimum absolute atomic E-state index is 0.157. The third-order valence-electron chi connectivity index (χ3n) is 2.55. The van der Waals surface area contributed by atoms with E-state index in [1.54, 1.807) is 13.1 Å². The van der Waals surface area contributed by atoms with Gasteiger partial charge in [-0.05, 0) is 31.5 Å². The summed E-state index contributed by atoms with van der Waals surface area (Å²) in [5, 5.41) is 11.5. The van der Waals surface area contributed by atoms with Crippen LogP contribution >= 0.6 is 0 Å². The Morgan fingerprint density at radius 3 is 2.59 bits per heavy atom. The molecule has 1 rings (SSSR count). The molecule has 0 unspecified atom stereocenters. The number of hydrogen-bond acceptors (Lipinski definition) is 2. The van der Waals surface area contributed by atoms with E-state index < -0.39 is 5.97 Å². The van der Waals surface area contributed by atoms with Gasteiger partial charge in [-0.2, -0.15) is 0 Å². The molecule has 0 aliphatic heterocycles. The topological polar surface area (TPSA) is 69.6 Å². The van der Waals surface area contributed by atoms with E-state index in [1.807, 2.05) is 13.8 Å². The summed E-state index contributed by atoms with van der Waals surface area (Å²) in [7, 11) is 1.67. The van der Waals surface area contributed by atoms with E-state index in [4.69, 9.17) is 5.11 Å². The number of urea groups is 1. The molecule has 1 aromatic carbocycles. The molecule has 0 saturated carbocycles. The van der Waals surface area contributed by atoms with E-state index in [2.05, 4.69) is 5.32 Å². The van der Waals surface area contributed by atoms with E-state index in [9.17, 15) is 9.59 Å². The van der Waals surface area contributed by atoms with Gasteiger partial charge in [-0.1, -0.05) is 6.07 Å². The maximum atomic E-state index is 11.6. The lowest BCUT2D eigenvalue weighted by Crippen LogP contribution is -2.31. The van der Waals surface area contributed by atoms with Gasteiger partial charge in [0.15, 0.2) is 0 Å². The van der Waals surface area contributed by atoms with Gasteiger partial charge in [0.25, 0.3) is 0 Å². The van der Waals surface area contributed by atoms with Gasteiger partial charge in [0.2, 0.25) is 0 Å². The molecule has 5 heteroatoms. The SMILES string of the molecule is CCN(C)C(=O)Nc1cc(C(=O)O)ccc1C. The Morgan fingerprint density at radius 1 is 1.41 bits per heavy atom. The monoisotopic (exact) mass is 236 g/mol. The van der Waals surface area contributed by atoms with Crippen LogP contribution in [0.2, 0.25) is 0 Å². The van der Waals surface area contributed by atoms with Gasteiger partial charge in [0.05, 0.1) is 5.56 Å². The van der Waals surface area contributed by atoms with Crippen LogP contribution in [0.5, 0.6) is 0 Å². The van der Waals surface area contributed by atoms with E-state index in [-0.39, 0.29) is 11.6 Å². The van der Waals surface area contributed by atoms with Gasteiger partial charge < -0.3 is 15.3 Å². The van der Waals surface area contributed by atoms with Crippen molar-refractivity contribution in [3.63, 3.8) is 0 Å². The van der Waals surface area contributed by atoms with Crippen LogP contribution in [0.3, 0.4) is 0 Å². The van der Waals surface area contributed by atoms with E-state index >= 15 is 0 Å². The summed E-state index contributed by atoms with van der Waals surface area (Å²) in [6, 6.07) is 4.39. The molecule has 0 saturated heterocycles. The first-order valence-corrected chi connectivity index (χ1v) is 5.31. The normalized spacial score (nSPS) is 9.82. The molecule has 0 heterocycles. The summed E-state index contributed by atoms with van der Waals surface area (Å²) in [5.74, 6) is -1.01. The number of carbonyl (C=O) groups excluding carboxylic acids is 1. The van der Waals surface area contributed by atoms with Crippen molar-refractivity contribution in [2.24, 2.45) is 0 Å². The first-order chi connectivity index (χ1) is 7.95. The number of rotatable bonds is 3. The maximum absolute atomic E-state index is 11.6. The van der Waals surface area contributed by atoms with E-state index in [0.717, 1.165) is 5.56 Å². The lowest BCUT2D eigenvalue weighted by molar-refractivity contribution is 0.0697. The second kappa shape index (κ2) is 5.34. The predicted molar refractivity (Wildman–Crippen MR) is 65.5 cm³/mol. The Labute approximate surface area is 100 Å². The first kappa shape index (κ1) is 13.0. The summed E-state index contributed by atoms with van der Waals surface area (Å²) in [5.41, 5.74) is 1.51. The number of anilines is 1. The largest absolute Gasteiger partial charge is 0.478 e. The van der Waals surface area contributed by atoms with Crippen LogP contribution in [-0.2, 0) is 0 Å². The summed E-state index contributed by atoms with van der Waals surface area (Å²) in [6.45, 7) is 4.26. The Hall–Kier alpha value is -2.04. The highest BCUT2D eigenvalue weighted by molar-refractivity contribution is 5.93. The highest BCUT2D eigenvalue weighted by Crippen LogP contribution is 2.17. The minimum atomic E-state index is -1.01. The third-order valence-corrected chi connectivity index (χ3v) is 2.55. The quantitative estimate of drug-likeness (QED) is 0.845. The zero-order chi connectivity index (χ0) is 13.0. The number of benzene rings is 1. The summed E-state index contributed by atoms with van der Waals surface area (Å²) < 4.78 is 0. The number of carboxylic acids is 1. The molecule has 5 nitrogen and oxygen atoms in total. The van der Waals surface area contributed by atoms with E-state index in [1.165, 1.54) is 17.0 Å². The van der Waals surface area contributed by atoms with Crippen LogP contribution in [0, 0.1) is 6.92 Å². The molecule has 0 aliphatic rings. The number of aromatic carboxylic acids is 1. The fourth-order valence-electron chi connectivity index (χ4n) is 1.24. The number of nitrogens with zero attached hydrogens (tertiary/aromatic N) is 1. The zero-order valence-corrected chi connectivity index (χ0v) is 10.2. The van der Waals surface area contributed by atoms with Crippen LogP contribution in [-0.4, -0.2) is 35.6 Å². The number of hydrogen-bond donors (Lipinski definition) is 2. The first-order valence-electron chi connectivity index (χ1n) is 5.31. The maximum Gasteiger partial charge on any atom is 0.335 e. The Bertz CT molecular complexity index is 443. The molecule has 0 aromatic heterocycles. The third kappa shape index (κ3) is 3.21. The molecule has 0 fully saturated rings. The molecule has 17 heavy (non-hydrogen) atoms. The number of amides is 2. The highest BCUT2D eigenvalue weighted by atomic mass is 16.4. The molecule has 2 amide bonds. The lowest BCUT2D eigenvalue weighted by atomic mass is 10.1. The number of carbonyl (C=O) groups is 2. The van der Waals surface area contributed by atoms with Crippen LogP contribution < -0.4 is 5.32 Å². The molecule has 1 aromatic rings. The molecule has 2 N–H and O–H groups in total. The molecular formula is C12H16N2O3. The van der Waals surface area contributed by atoms with Gasteiger partial charge in [-0.3, -0.25) is 0 Å². The minimum Gasteiger partial charge on any atom is -0.478 e. The summed E-state index contributed by atoms with van der Waals surface area (Å²) >= 11 is 0. The standard InChI is InChI=1S/C12H16N2O3/c1-4-14(3)12(17)13-10-7-9(11(15)16)6-5-8(10)2/h5-7H,4H2,1-3H3,(H,13,17)(H,15,16). The molecule has 0 atom stereocenters. The predicted octanol–water partition coefficient (Wildman–Crippen LogP) is 2.18. The molecule has 0 bridgehead atoms. The van der Waals surface area contributed by atoms with Crippen LogP contribution in [0.15, 0.2) is 18.2 Å². The highest BCUT2D eigenvalue weighted by Gasteiger charge is 2.10. The van der Waals surface area contributed by atoms with Crippen molar-refractivity contribution in [3.8, 4) is 0 Å². The van der Waals surface area contributed by atoms with Crippen molar-refractivity contribution >= 4 is 17.7 Å². The van der Waals surface area contributed by atoms with Gasteiger partial charge in [-0.15, -0.1) is 0 Å². The van der Waals surface area contributed by atoms with Gasteiger partial charge >= 0.3 is 12.0 Å². The Morgan fingerprint density at radius 2 is 2.06 bits per heavy atom. The summed E-state index contributed by atoms with van der Waals surface area (Å²) in [6.07, 6.45) is 0. The molecule has 0 radical (unpaired) electrons. The number of nitrogens with one attached hydrogen (secondary N) is 1. The number of aryl methyl sites for hydroxylation is 1. The molecular weight excluding hydrogens is 220 g/mol. The molecule has 0 spiro atoms. The van der Waals surface area contributed by atoms with Gasteiger partial charge in [0.1, 0.15) is 0 Å². The fraction of sp³-hybridized carbons (Fsp3) is 0.333. The van der Waals surface area contributed by atoms with Crippen molar-refractivity contribution in [1.82, 2.24) is 4.90 Å². The van der Waals surface area contributed by atoms with Crippen LogP contribution in [0.25, 0.3) is 0 Å². The second-order valence-corrected chi connectivity index (χ2v) is 3.78. The summed E-state index contributed by atoms with van der Waals surface area (Å²) in [4.78, 5) is 24.0. The Balaban J connectivity index is 2.94. The smallest absolute Gasteiger partial charge is 0.335 e.